The molecule has 0 aliphatic heterocycles. The minimum absolute atomic E-state index is 0.196. The Labute approximate surface area is 102 Å². The molecule has 16 heavy (non-hydrogen) atoms. The maximum Gasteiger partial charge on any atom is 0.432 e. The number of rotatable bonds is 5. The van der Waals surface area contributed by atoms with Gasteiger partial charge in [0.15, 0.2) is 0 Å². The topological polar surface area (TPSA) is 35.8 Å². The van der Waals surface area contributed by atoms with Crippen molar-refractivity contribution in [3.8, 4) is 0 Å². The molecule has 0 heterocycles. The van der Waals surface area contributed by atoms with E-state index in [1.54, 1.807) is 4.92 Å². The Kier molecular flexibility index (Phi) is 10.8. The lowest BCUT2D eigenvalue weighted by Gasteiger charge is -2.28. The predicted molar refractivity (Wildman–Crippen MR) is 74.7 cm³/mol. The van der Waals surface area contributed by atoms with Crippen molar-refractivity contribution < 1.29 is 5.02 Å². The number of hydrogen-bond acceptors (Lipinski definition) is 3. The highest BCUT2D eigenvalue weighted by atomic mass is 16.2. The van der Waals surface area contributed by atoms with Crippen molar-refractivity contribution in [3.63, 3.8) is 0 Å². The molecule has 0 aliphatic carbocycles. The van der Waals surface area contributed by atoms with Crippen LogP contribution >= 0.6 is 0 Å². The standard InChI is InChI=1S/C10H23BN2O.C2H6/c1-8(2)7-12-13(10(5)6)11(14)9(3)4;1-2/h7-10,14H,1-6H3;1-2H3/b12-7-;. The molecule has 0 radical (unpaired) electrons. The summed E-state index contributed by atoms with van der Waals surface area (Å²) in [7, 11) is -0.495. The summed E-state index contributed by atoms with van der Waals surface area (Å²) in [6, 6.07) is 0.224. The van der Waals surface area contributed by atoms with Crippen LogP contribution < -0.4 is 0 Å². The minimum atomic E-state index is -0.495. The van der Waals surface area contributed by atoms with Crippen LogP contribution in [0.15, 0.2) is 5.10 Å². The Morgan fingerprint density at radius 3 is 1.75 bits per heavy atom. The molecule has 0 aliphatic rings. The molecule has 0 aromatic carbocycles. The van der Waals surface area contributed by atoms with Gasteiger partial charge < -0.3 is 9.94 Å². The molecule has 0 rings (SSSR count). The first-order chi connectivity index (χ1) is 7.36. The maximum atomic E-state index is 9.88. The Bertz CT molecular complexity index is 182. The van der Waals surface area contributed by atoms with Crippen molar-refractivity contribution in [2.45, 2.75) is 67.2 Å². The van der Waals surface area contributed by atoms with Crippen molar-refractivity contribution in [2.75, 3.05) is 0 Å². The Hall–Kier alpha value is -0.505. The summed E-state index contributed by atoms with van der Waals surface area (Å²) in [5.41, 5.74) is 0. The molecular formula is C12H29BN2O. The average molecular weight is 228 g/mol. The van der Waals surface area contributed by atoms with E-state index in [0.717, 1.165) is 0 Å². The third kappa shape index (κ3) is 7.74. The normalized spacial score (nSPS) is 11.0. The van der Waals surface area contributed by atoms with E-state index in [1.165, 1.54) is 0 Å². The van der Waals surface area contributed by atoms with Crippen molar-refractivity contribution in [2.24, 2.45) is 11.0 Å². The molecule has 0 atom stereocenters. The Morgan fingerprint density at radius 2 is 1.50 bits per heavy atom. The van der Waals surface area contributed by atoms with E-state index in [-0.39, 0.29) is 11.9 Å². The van der Waals surface area contributed by atoms with Gasteiger partial charge in [-0.1, -0.05) is 41.5 Å². The SMILES string of the molecule is CC.CC(C)/C=N\N(B(O)C(C)C)C(C)C. The molecular weight excluding hydrogens is 199 g/mol. The van der Waals surface area contributed by atoms with E-state index in [0.29, 0.717) is 5.92 Å². The van der Waals surface area contributed by atoms with Gasteiger partial charge in [-0.3, -0.25) is 0 Å². The second-order valence-electron chi connectivity index (χ2n) is 4.64. The average Bonchev–Trinajstić information content (AvgIpc) is 2.19. The highest BCUT2D eigenvalue weighted by Gasteiger charge is 2.26. The van der Waals surface area contributed by atoms with Crippen LogP contribution in [0.3, 0.4) is 0 Å². The van der Waals surface area contributed by atoms with Crippen LogP contribution in [0, 0.1) is 5.92 Å². The number of hydrogen-bond donors (Lipinski definition) is 1. The van der Waals surface area contributed by atoms with Crippen molar-refractivity contribution in [3.05, 3.63) is 0 Å². The molecule has 3 nitrogen and oxygen atoms in total. The van der Waals surface area contributed by atoms with Crippen LogP contribution in [0.4, 0.5) is 0 Å². The first-order valence-electron chi connectivity index (χ1n) is 6.36. The highest BCUT2D eigenvalue weighted by Crippen LogP contribution is 2.12. The van der Waals surface area contributed by atoms with Gasteiger partial charge >= 0.3 is 7.05 Å². The molecule has 0 amide bonds. The lowest BCUT2D eigenvalue weighted by atomic mass is 9.68. The summed E-state index contributed by atoms with van der Waals surface area (Å²) in [4.78, 5) is 1.75. The van der Waals surface area contributed by atoms with Crippen molar-refractivity contribution >= 4 is 13.3 Å². The molecule has 0 saturated carbocycles. The van der Waals surface area contributed by atoms with E-state index >= 15 is 0 Å². The molecule has 0 fully saturated rings. The van der Waals surface area contributed by atoms with Gasteiger partial charge in [0.25, 0.3) is 0 Å². The summed E-state index contributed by atoms with van der Waals surface area (Å²) in [5, 5.41) is 14.2. The minimum Gasteiger partial charge on any atom is -0.431 e. The summed E-state index contributed by atoms with van der Waals surface area (Å²) < 4.78 is 0. The number of nitrogens with zero attached hydrogens (tertiary/aromatic N) is 2. The Morgan fingerprint density at radius 1 is 1.06 bits per heavy atom. The smallest absolute Gasteiger partial charge is 0.431 e. The molecule has 4 heteroatoms. The van der Waals surface area contributed by atoms with Crippen LogP contribution in [0.25, 0.3) is 0 Å². The van der Waals surface area contributed by atoms with E-state index in [9.17, 15) is 5.02 Å². The van der Waals surface area contributed by atoms with Gasteiger partial charge in [0.2, 0.25) is 0 Å². The van der Waals surface area contributed by atoms with Gasteiger partial charge in [0, 0.05) is 12.3 Å². The molecule has 0 aromatic heterocycles. The molecule has 0 aromatic rings. The summed E-state index contributed by atoms with van der Waals surface area (Å²) >= 11 is 0. The van der Waals surface area contributed by atoms with E-state index in [1.807, 2.05) is 47.8 Å². The highest BCUT2D eigenvalue weighted by molar-refractivity contribution is 6.48. The van der Waals surface area contributed by atoms with Gasteiger partial charge in [-0.2, -0.15) is 0 Å². The van der Waals surface area contributed by atoms with Crippen LogP contribution in [0.1, 0.15) is 55.4 Å². The van der Waals surface area contributed by atoms with E-state index in [2.05, 4.69) is 18.9 Å². The largest absolute Gasteiger partial charge is 0.432 e. The second kappa shape index (κ2) is 9.70. The predicted octanol–water partition coefficient (Wildman–Crippen LogP) is 3.26. The third-order valence-corrected chi connectivity index (χ3v) is 1.89. The fraction of sp³-hybridized carbons (Fsp3) is 0.917. The molecule has 0 saturated heterocycles. The van der Waals surface area contributed by atoms with E-state index < -0.39 is 7.05 Å². The lowest BCUT2D eigenvalue weighted by molar-refractivity contribution is 0.314. The van der Waals surface area contributed by atoms with Gasteiger partial charge in [0.1, 0.15) is 0 Å². The summed E-state index contributed by atoms with van der Waals surface area (Å²) in [6.45, 7) is 16.2. The van der Waals surface area contributed by atoms with Gasteiger partial charge in [0.05, 0.1) is 0 Å². The lowest BCUT2D eigenvalue weighted by Crippen LogP contribution is -2.42. The van der Waals surface area contributed by atoms with Gasteiger partial charge in [-0.05, 0) is 25.6 Å². The Balaban J connectivity index is 0. The second-order valence-corrected chi connectivity index (χ2v) is 4.64. The quantitative estimate of drug-likeness (QED) is 0.445. The van der Waals surface area contributed by atoms with Crippen LogP contribution in [0.2, 0.25) is 5.82 Å². The van der Waals surface area contributed by atoms with Crippen LogP contribution in [-0.2, 0) is 0 Å². The zero-order chi connectivity index (χ0) is 13.3. The first kappa shape index (κ1) is 17.9. The first-order valence-corrected chi connectivity index (χ1v) is 6.36. The zero-order valence-electron chi connectivity index (χ0n) is 12.2. The molecule has 0 spiro atoms. The summed E-state index contributed by atoms with van der Waals surface area (Å²) in [5.74, 6) is 0.609. The third-order valence-electron chi connectivity index (χ3n) is 1.89. The summed E-state index contributed by atoms with van der Waals surface area (Å²) in [6.07, 6.45) is 1.87. The van der Waals surface area contributed by atoms with Crippen molar-refractivity contribution in [1.82, 2.24) is 4.92 Å². The zero-order valence-corrected chi connectivity index (χ0v) is 12.2. The molecule has 96 valence electrons. The van der Waals surface area contributed by atoms with Crippen molar-refractivity contribution in [1.29, 1.82) is 0 Å². The number of hydrazone groups is 1. The molecule has 1 N–H and O–H groups in total. The van der Waals surface area contributed by atoms with Gasteiger partial charge in [-0.25, -0.2) is 5.10 Å². The molecule has 0 unspecified atom stereocenters. The molecule has 0 bridgehead atoms. The van der Waals surface area contributed by atoms with Crippen LogP contribution in [0.5, 0.6) is 0 Å². The fourth-order valence-electron chi connectivity index (χ4n) is 1.02. The fourth-order valence-corrected chi connectivity index (χ4v) is 1.02. The van der Waals surface area contributed by atoms with Gasteiger partial charge in [-0.15, -0.1) is 0 Å². The van der Waals surface area contributed by atoms with E-state index in [4.69, 9.17) is 0 Å². The van der Waals surface area contributed by atoms with Crippen LogP contribution in [-0.4, -0.2) is 29.3 Å². The maximum absolute atomic E-state index is 9.88. The monoisotopic (exact) mass is 228 g/mol.